The summed E-state index contributed by atoms with van der Waals surface area (Å²) in [6.07, 6.45) is 23.1. The Balaban J connectivity index is 1.40. The Bertz CT molecular complexity index is 941. The first kappa shape index (κ1) is 37.9. The van der Waals surface area contributed by atoms with Gasteiger partial charge in [0.1, 0.15) is 26.3 Å². The third-order valence-electron chi connectivity index (χ3n) is 8.30. The number of aromatic nitrogens is 1. The lowest BCUT2D eigenvalue weighted by molar-refractivity contribution is -0.701. The zero-order valence-electron chi connectivity index (χ0n) is 27.9. The monoisotopic (exact) mass is 634 g/mol. The highest BCUT2D eigenvalue weighted by Crippen LogP contribution is 2.37. The molecule has 0 radical (unpaired) electrons. The van der Waals surface area contributed by atoms with Gasteiger partial charge in [0.15, 0.2) is 6.20 Å². The molecule has 8 nitrogen and oxygen atoms in total. The van der Waals surface area contributed by atoms with Crippen LogP contribution in [0.5, 0.6) is 0 Å². The second-order valence-electron chi connectivity index (χ2n) is 12.1. The van der Waals surface area contributed by atoms with E-state index in [0.717, 1.165) is 36.4 Å². The zero-order valence-corrected chi connectivity index (χ0v) is 28.7. The van der Waals surface area contributed by atoms with Crippen LogP contribution in [-0.4, -0.2) is 53.3 Å². The lowest BCUT2D eigenvalue weighted by Gasteiger charge is -2.34. The molecule has 44 heavy (non-hydrogen) atoms. The van der Waals surface area contributed by atoms with Crippen molar-refractivity contribution < 1.29 is 28.4 Å². The van der Waals surface area contributed by atoms with Crippen LogP contribution in [0.25, 0.3) is 0 Å². The molecule has 1 aliphatic rings. The van der Waals surface area contributed by atoms with Crippen molar-refractivity contribution in [3.63, 3.8) is 0 Å². The lowest BCUT2D eigenvalue weighted by atomic mass is 10.0. The lowest BCUT2D eigenvalue weighted by Crippen LogP contribution is -2.44. The normalized spacial score (nSPS) is 15.8. The maximum Gasteiger partial charge on any atom is 0.417 e. The predicted molar refractivity (Wildman–Crippen MR) is 179 cm³/mol. The van der Waals surface area contributed by atoms with Crippen molar-refractivity contribution in [3.8, 4) is 0 Å². The summed E-state index contributed by atoms with van der Waals surface area (Å²) in [5.74, 6) is -0.348. The Labute approximate surface area is 271 Å². The van der Waals surface area contributed by atoms with Gasteiger partial charge in [-0.25, -0.2) is 19.1 Å². The van der Waals surface area contributed by atoms with E-state index in [9.17, 15) is 14.4 Å². The number of hydrogen-bond acceptors (Lipinski definition) is 6. The number of amides is 3. The number of rotatable bonds is 24. The molecule has 0 spiro atoms. The molecule has 0 saturated carbocycles. The standard InChI is InChI=1S/C35H59N3O5S/c1-4-6-7-8-9-10-11-12-13-14-15-16-17-18-19-21-24-36-34(40)42-28-32-26-33(44-32)29-43-35(41)38(30(3)39)27-31-23-20-22-25-37(31)5-2/h20,22-23,25,32-33H,4-19,21,24,26-29H2,1-3H3/p+1/t32-,33-/m0/s1. The van der Waals surface area contributed by atoms with Crippen LogP contribution in [0, 0.1) is 0 Å². The maximum absolute atomic E-state index is 12.6. The van der Waals surface area contributed by atoms with Crippen LogP contribution in [0.3, 0.4) is 0 Å². The molecule has 0 aromatic carbocycles. The first-order chi connectivity index (χ1) is 21.4. The molecule has 1 aromatic heterocycles. The molecule has 3 amide bonds. The SMILES string of the molecule is CCCCCCCCCCCCCCCCCCNC(=O)OC[C@@H]1C[C@@H](COC(=O)N(Cc2cccc[n+]2CC)C(C)=O)S1. The molecular weight excluding hydrogens is 574 g/mol. The second-order valence-corrected chi connectivity index (χ2v) is 13.7. The molecule has 9 heteroatoms. The van der Waals surface area contributed by atoms with Crippen molar-refractivity contribution in [1.29, 1.82) is 0 Å². The van der Waals surface area contributed by atoms with E-state index in [-0.39, 0.29) is 35.7 Å². The number of carbonyl (C=O) groups excluding carboxylic acids is 3. The van der Waals surface area contributed by atoms with Gasteiger partial charge in [-0.15, -0.1) is 11.8 Å². The van der Waals surface area contributed by atoms with Crippen LogP contribution in [-0.2, 0) is 27.4 Å². The van der Waals surface area contributed by atoms with Crippen molar-refractivity contribution in [2.24, 2.45) is 0 Å². The van der Waals surface area contributed by atoms with Gasteiger partial charge in [-0.05, 0) is 19.8 Å². The summed E-state index contributed by atoms with van der Waals surface area (Å²) < 4.78 is 12.8. The number of aryl methyl sites for hydroxylation is 1. The summed E-state index contributed by atoms with van der Waals surface area (Å²) in [7, 11) is 0. The molecule has 1 N–H and O–H groups in total. The number of nitrogens with zero attached hydrogens (tertiary/aromatic N) is 2. The highest BCUT2D eigenvalue weighted by Gasteiger charge is 2.33. The summed E-state index contributed by atoms with van der Waals surface area (Å²) in [4.78, 5) is 37.9. The summed E-state index contributed by atoms with van der Waals surface area (Å²) in [5, 5.41) is 3.21. The Morgan fingerprint density at radius 1 is 0.818 bits per heavy atom. The van der Waals surface area contributed by atoms with E-state index in [4.69, 9.17) is 9.47 Å². The zero-order chi connectivity index (χ0) is 31.8. The maximum atomic E-state index is 12.6. The minimum atomic E-state index is -0.627. The van der Waals surface area contributed by atoms with Gasteiger partial charge in [-0.1, -0.05) is 109 Å². The van der Waals surface area contributed by atoms with Crippen molar-refractivity contribution in [3.05, 3.63) is 30.1 Å². The van der Waals surface area contributed by atoms with E-state index in [1.54, 1.807) is 11.8 Å². The number of ether oxygens (including phenoxy) is 2. The highest BCUT2D eigenvalue weighted by molar-refractivity contribution is 8.01. The number of pyridine rings is 1. The quantitative estimate of drug-likeness (QED) is 0.0908. The Morgan fingerprint density at radius 3 is 1.86 bits per heavy atom. The molecule has 0 bridgehead atoms. The number of alkyl carbamates (subject to hydrolysis) is 1. The summed E-state index contributed by atoms with van der Waals surface area (Å²) >= 11 is 1.65. The Kier molecular flexibility index (Phi) is 20.7. The van der Waals surface area contributed by atoms with Gasteiger partial charge < -0.3 is 14.8 Å². The molecular formula is C35H60N3O5S+. The van der Waals surface area contributed by atoms with Crippen molar-refractivity contribution >= 4 is 29.9 Å². The van der Waals surface area contributed by atoms with E-state index in [1.807, 2.05) is 35.9 Å². The Morgan fingerprint density at radius 2 is 1.34 bits per heavy atom. The van der Waals surface area contributed by atoms with E-state index < -0.39 is 6.09 Å². The Hall–Kier alpha value is -2.29. The van der Waals surface area contributed by atoms with Crippen LogP contribution in [0.4, 0.5) is 9.59 Å². The van der Waals surface area contributed by atoms with Gasteiger partial charge in [-0.3, -0.25) is 4.79 Å². The molecule has 1 fully saturated rings. The third kappa shape index (κ3) is 16.7. The van der Waals surface area contributed by atoms with Gasteiger partial charge in [-0.2, -0.15) is 0 Å². The van der Waals surface area contributed by atoms with Crippen LogP contribution in [0.1, 0.15) is 136 Å². The van der Waals surface area contributed by atoms with E-state index in [0.29, 0.717) is 13.2 Å². The minimum Gasteiger partial charge on any atom is -0.448 e. The van der Waals surface area contributed by atoms with Gasteiger partial charge in [0.05, 0.1) is 0 Å². The average Bonchev–Trinajstić information content (AvgIpc) is 3.00. The van der Waals surface area contributed by atoms with E-state index in [2.05, 4.69) is 12.2 Å². The minimum absolute atomic E-state index is 0.145. The molecule has 1 aliphatic heterocycles. The number of thioether (sulfide) groups is 1. The van der Waals surface area contributed by atoms with E-state index in [1.165, 1.54) is 96.8 Å². The summed E-state index contributed by atoms with van der Waals surface area (Å²) in [5.41, 5.74) is 0.866. The molecule has 2 heterocycles. The molecule has 0 aliphatic carbocycles. The van der Waals surface area contributed by atoms with Gasteiger partial charge >= 0.3 is 12.2 Å². The van der Waals surface area contributed by atoms with Crippen molar-refractivity contribution in [1.82, 2.24) is 10.2 Å². The molecule has 2 rings (SSSR count). The fourth-order valence-electron chi connectivity index (χ4n) is 5.52. The first-order valence-corrected chi connectivity index (χ1v) is 18.4. The van der Waals surface area contributed by atoms with Crippen LogP contribution in [0.15, 0.2) is 24.4 Å². The van der Waals surface area contributed by atoms with E-state index >= 15 is 0 Å². The van der Waals surface area contributed by atoms with Crippen LogP contribution in [0.2, 0.25) is 0 Å². The molecule has 1 aromatic rings. The average molecular weight is 635 g/mol. The van der Waals surface area contributed by atoms with Crippen LogP contribution >= 0.6 is 11.8 Å². The van der Waals surface area contributed by atoms with Gasteiger partial charge in [0, 0.05) is 36.1 Å². The number of imide groups is 1. The largest absolute Gasteiger partial charge is 0.448 e. The number of carbonyl (C=O) groups is 3. The van der Waals surface area contributed by atoms with Crippen LogP contribution < -0.4 is 9.88 Å². The van der Waals surface area contributed by atoms with Crippen molar-refractivity contribution in [2.75, 3.05) is 19.8 Å². The highest BCUT2D eigenvalue weighted by atomic mass is 32.2. The topological polar surface area (TPSA) is 88.8 Å². The molecule has 1 saturated heterocycles. The second kappa shape index (κ2) is 24.0. The summed E-state index contributed by atoms with van der Waals surface area (Å²) in [6.45, 7) is 7.82. The predicted octanol–water partition coefficient (Wildman–Crippen LogP) is 8.34. The smallest absolute Gasteiger partial charge is 0.417 e. The fraction of sp³-hybridized carbons (Fsp3) is 0.771. The first-order valence-electron chi connectivity index (χ1n) is 17.4. The number of unbranched alkanes of at least 4 members (excludes halogenated alkanes) is 15. The molecule has 250 valence electrons. The third-order valence-corrected chi connectivity index (χ3v) is 9.73. The van der Waals surface area contributed by atoms with Gasteiger partial charge in [0.2, 0.25) is 11.6 Å². The van der Waals surface area contributed by atoms with Crippen molar-refractivity contribution in [2.45, 2.75) is 154 Å². The molecule has 2 atom stereocenters. The molecule has 0 unspecified atom stereocenters. The number of nitrogens with one attached hydrogen (secondary N) is 1. The summed E-state index contributed by atoms with van der Waals surface area (Å²) in [6, 6.07) is 5.71. The number of hydrogen-bond donors (Lipinski definition) is 1. The fourth-order valence-corrected chi connectivity index (χ4v) is 6.69. The van der Waals surface area contributed by atoms with Gasteiger partial charge in [0.25, 0.3) is 0 Å².